The fourth-order valence-corrected chi connectivity index (χ4v) is 5.30. The quantitative estimate of drug-likeness (QED) is 0.569. The molecule has 0 unspecified atom stereocenters. The molecule has 0 aliphatic carbocycles. The van der Waals surface area contributed by atoms with Crippen LogP contribution >= 0.6 is 11.8 Å². The lowest BCUT2D eigenvalue weighted by molar-refractivity contribution is -0.384. The monoisotopic (exact) mass is 411 g/mol. The fourth-order valence-electron chi connectivity index (χ4n) is 3.96. The van der Waals surface area contributed by atoms with Crippen molar-refractivity contribution in [2.45, 2.75) is 24.3 Å². The standard InChI is InChI=1S/C21H21N3O4S/c25-19-15-29-21(23(19)14-16-4-2-1-3-5-16)10-12-22(13-11-21)20(26)17-6-8-18(9-7-17)24(27)28/h1-9H,10-15H2. The first-order valence-corrected chi connectivity index (χ1v) is 10.5. The molecule has 29 heavy (non-hydrogen) atoms. The second kappa shape index (κ2) is 7.87. The minimum absolute atomic E-state index is 0.0310. The summed E-state index contributed by atoms with van der Waals surface area (Å²) in [5, 5.41) is 10.8. The van der Waals surface area contributed by atoms with E-state index >= 15 is 0 Å². The summed E-state index contributed by atoms with van der Waals surface area (Å²) >= 11 is 1.68. The largest absolute Gasteiger partial charge is 0.338 e. The van der Waals surface area contributed by atoms with Gasteiger partial charge in [-0.3, -0.25) is 19.7 Å². The molecule has 0 radical (unpaired) electrons. The first kappa shape index (κ1) is 19.4. The van der Waals surface area contributed by atoms with E-state index < -0.39 is 4.92 Å². The highest BCUT2D eigenvalue weighted by atomic mass is 32.2. The van der Waals surface area contributed by atoms with Crippen molar-refractivity contribution in [2.75, 3.05) is 18.8 Å². The van der Waals surface area contributed by atoms with Gasteiger partial charge >= 0.3 is 0 Å². The maximum absolute atomic E-state index is 12.8. The van der Waals surface area contributed by atoms with Crippen molar-refractivity contribution in [1.29, 1.82) is 0 Å². The van der Waals surface area contributed by atoms with Crippen LogP contribution in [-0.2, 0) is 11.3 Å². The van der Waals surface area contributed by atoms with Crippen molar-refractivity contribution >= 4 is 29.3 Å². The average molecular weight is 411 g/mol. The zero-order chi connectivity index (χ0) is 20.4. The van der Waals surface area contributed by atoms with Gasteiger partial charge in [-0.05, 0) is 30.5 Å². The first-order valence-electron chi connectivity index (χ1n) is 9.51. The number of rotatable bonds is 4. The Morgan fingerprint density at radius 1 is 1.07 bits per heavy atom. The van der Waals surface area contributed by atoms with E-state index in [-0.39, 0.29) is 22.4 Å². The van der Waals surface area contributed by atoms with Crippen LogP contribution in [-0.4, -0.2) is 50.3 Å². The normalized spacial score (nSPS) is 18.3. The molecule has 2 heterocycles. The van der Waals surface area contributed by atoms with Crippen molar-refractivity contribution in [3.63, 3.8) is 0 Å². The van der Waals surface area contributed by atoms with Gasteiger partial charge in [-0.15, -0.1) is 11.8 Å². The van der Waals surface area contributed by atoms with E-state index in [2.05, 4.69) is 0 Å². The fraction of sp³-hybridized carbons (Fsp3) is 0.333. The topological polar surface area (TPSA) is 83.8 Å². The molecule has 0 atom stereocenters. The third kappa shape index (κ3) is 3.85. The number of non-ortho nitro benzene ring substituents is 1. The molecular weight excluding hydrogens is 390 g/mol. The summed E-state index contributed by atoms with van der Waals surface area (Å²) in [4.78, 5) is 39.1. The average Bonchev–Trinajstić information content (AvgIpc) is 3.04. The second-order valence-electron chi connectivity index (χ2n) is 7.30. The van der Waals surface area contributed by atoms with Crippen LogP contribution < -0.4 is 0 Å². The highest BCUT2D eigenvalue weighted by molar-refractivity contribution is 8.01. The van der Waals surface area contributed by atoms with Crippen LogP contribution in [0.5, 0.6) is 0 Å². The molecule has 1 spiro atoms. The molecule has 0 bridgehead atoms. The van der Waals surface area contributed by atoms with Crippen molar-refractivity contribution in [1.82, 2.24) is 9.80 Å². The van der Waals surface area contributed by atoms with E-state index in [1.807, 2.05) is 35.2 Å². The maximum Gasteiger partial charge on any atom is 0.269 e. The van der Waals surface area contributed by atoms with Crippen LogP contribution in [0, 0.1) is 10.1 Å². The number of carbonyl (C=O) groups is 2. The third-order valence-electron chi connectivity index (χ3n) is 5.60. The number of carbonyl (C=O) groups excluding carboxylic acids is 2. The summed E-state index contributed by atoms with van der Waals surface area (Å²) in [6.45, 7) is 1.70. The highest BCUT2D eigenvalue weighted by Gasteiger charge is 2.48. The summed E-state index contributed by atoms with van der Waals surface area (Å²) in [5.74, 6) is 0.496. The smallest absolute Gasteiger partial charge is 0.269 e. The molecule has 2 aromatic rings. The van der Waals surface area contributed by atoms with E-state index in [4.69, 9.17) is 0 Å². The summed E-state index contributed by atoms with van der Waals surface area (Å²) in [5.41, 5.74) is 1.52. The highest BCUT2D eigenvalue weighted by Crippen LogP contribution is 2.45. The lowest BCUT2D eigenvalue weighted by Gasteiger charge is -2.44. The molecule has 2 aliphatic rings. The third-order valence-corrected chi connectivity index (χ3v) is 7.16. The molecule has 4 rings (SSSR count). The van der Waals surface area contributed by atoms with E-state index in [1.165, 1.54) is 24.3 Å². The molecule has 7 nitrogen and oxygen atoms in total. The van der Waals surface area contributed by atoms with Gasteiger partial charge in [0.1, 0.15) is 0 Å². The lowest BCUT2D eigenvalue weighted by Crippen LogP contribution is -2.52. The predicted octanol–water partition coefficient (Wildman–Crippen LogP) is 3.30. The number of amides is 2. The van der Waals surface area contributed by atoms with Crippen LogP contribution in [0.2, 0.25) is 0 Å². The number of hydrogen-bond acceptors (Lipinski definition) is 5. The van der Waals surface area contributed by atoms with Gasteiger partial charge in [0.2, 0.25) is 5.91 Å². The number of nitro groups is 1. The van der Waals surface area contributed by atoms with E-state index in [1.54, 1.807) is 16.7 Å². The van der Waals surface area contributed by atoms with Crippen LogP contribution in [0.4, 0.5) is 5.69 Å². The van der Waals surface area contributed by atoms with Crippen LogP contribution in [0.1, 0.15) is 28.8 Å². The van der Waals surface area contributed by atoms with Gasteiger partial charge in [-0.2, -0.15) is 0 Å². The molecule has 2 amide bonds. The molecule has 2 aromatic carbocycles. The molecule has 0 aromatic heterocycles. The molecule has 2 aliphatic heterocycles. The van der Waals surface area contributed by atoms with Gasteiger partial charge in [0.25, 0.3) is 11.6 Å². The van der Waals surface area contributed by atoms with Crippen molar-refractivity contribution in [3.05, 3.63) is 75.8 Å². The Labute approximate surface area is 172 Å². The molecule has 2 fully saturated rings. The summed E-state index contributed by atoms with van der Waals surface area (Å²) in [6.07, 6.45) is 1.43. The number of hydrogen-bond donors (Lipinski definition) is 0. The molecule has 8 heteroatoms. The molecule has 150 valence electrons. The number of nitro benzene ring substituents is 1. The van der Waals surface area contributed by atoms with Gasteiger partial charge < -0.3 is 9.80 Å². The van der Waals surface area contributed by atoms with Gasteiger partial charge in [0, 0.05) is 37.3 Å². The zero-order valence-corrected chi connectivity index (χ0v) is 16.6. The van der Waals surface area contributed by atoms with Crippen LogP contribution in [0.25, 0.3) is 0 Å². The number of piperidine rings is 1. The number of likely N-dealkylation sites (tertiary alicyclic amines) is 1. The Morgan fingerprint density at radius 2 is 1.72 bits per heavy atom. The minimum Gasteiger partial charge on any atom is -0.338 e. The number of nitrogens with zero attached hydrogens (tertiary/aromatic N) is 3. The Kier molecular flexibility index (Phi) is 5.27. The van der Waals surface area contributed by atoms with Crippen LogP contribution in [0.3, 0.4) is 0 Å². The SMILES string of the molecule is O=C(c1ccc([N+](=O)[O-])cc1)N1CCC2(CC1)SCC(=O)N2Cc1ccccc1. The first-order chi connectivity index (χ1) is 14.0. The molecule has 0 N–H and O–H groups in total. The Morgan fingerprint density at radius 3 is 2.34 bits per heavy atom. The van der Waals surface area contributed by atoms with Crippen molar-refractivity contribution in [2.24, 2.45) is 0 Å². The number of thioether (sulfide) groups is 1. The molecule has 2 saturated heterocycles. The lowest BCUT2D eigenvalue weighted by atomic mass is 10.00. The van der Waals surface area contributed by atoms with E-state index in [9.17, 15) is 19.7 Å². The van der Waals surface area contributed by atoms with Crippen molar-refractivity contribution in [3.8, 4) is 0 Å². The van der Waals surface area contributed by atoms with Gasteiger partial charge in [-0.1, -0.05) is 30.3 Å². The van der Waals surface area contributed by atoms with E-state index in [0.29, 0.717) is 31.0 Å². The van der Waals surface area contributed by atoms with Gasteiger partial charge in [0.15, 0.2) is 0 Å². The van der Waals surface area contributed by atoms with Crippen molar-refractivity contribution < 1.29 is 14.5 Å². The van der Waals surface area contributed by atoms with Crippen LogP contribution in [0.15, 0.2) is 54.6 Å². The molecular formula is C21H21N3O4S. The summed E-state index contributed by atoms with van der Waals surface area (Å²) in [6, 6.07) is 15.7. The predicted molar refractivity (Wildman–Crippen MR) is 110 cm³/mol. The van der Waals surface area contributed by atoms with Gasteiger partial charge in [-0.25, -0.2) is 0 Å². The summed E-state index contributed by atoms with van der Waals surface area (Å²) < 4.78 is 0. The van der Waals surface area contributed by atoms with E-state index in [0.717, 1.165) is 18.4 Å². The zero-order valence-electron chi connectivity index (χ0n) is 15.8. The minimum atomic E-state index is -0.478. The summed E-state index contributed by atoms with van der Waals surface area (Å²) in [7, 11) is 0. The Hall–Kier alpha value is -2.87. The number of benzene rings is 2. The molecule has 0 saturated carbocycles. The Balaban J connectivity index is 1.44. The maximum atomic E-state index is 12.8. The van der Waals surface area contributed by atoms with Gasteiger partial charge in [0.05, 0.1) is 15.5 Å². The second-order valence-corrected chi connectivity index (χ2v) is 8.63. The Bertz CT molecular complexity index is 925.